The van der Waals surface area contributed by atoms with Crippen molar-refractivity contribution >= 4 is 0 Å². The molecule has 0 rings (SSSR count). The Labute approximate surface area is 90.6 Å². The normalized spacial score (nSPS) is 8.82. The third-order valence-electron chi connectivity index (χ3n) is 1.72. The van der Waals surface area contributed by atoms with Gasteiger partial charge in [-0.1, -0.05) is 51.9 Å². The van der Waals surface area contributed by atoms with Crippen molar-refractivity contribution in [3.05, 3.63) is 12.7 Å². The van der Waals surface area contributed by atoms with Crippen LogP contribution in [0.5, 0.6) is 0 Å². The van der Waals surface area contributed by atoms with Gasteiger partial charge < -0.3 is 6.58 Å². The molecule has 0 saturated carbocycles. The van der Waals surface area contributed by atoms with E-state index in [1.807, 2.05) is 0 Å². The summed E-state index contributed by atoms with van der Waals surface area (Å²) in [5.41, 5.74) is 0. The molecule has 0 aromatic rings. The standard InChI is InChI=1S/C10H19.Zr/c1-3-5-7-9-10-8-6-4-2;/h1,3H,4-10H2,2H3;/q-1;. The molecule has 0 aliphatic carbocycles. The number of allylic oxidation sites excluding steroid dienone is 1. The molecule has 1 heteroatoms. The van der Waals surface area contributed by atoms with Gasteiger partial charge in [-0.05, 0) is 0 Å². The summed E-state index contributed by atoms with van der Waals surface area (Å²) in [6.45, 7) is 7.49. The van der Waals surface area contributed by atoms with Gasteiger partial charge in [-0.25, -0.2) is 0 Å². The Morgan fingerprint density at radius 2 is 1.55 bits per heavy atom. The third-order valence-corrected chi connectivity index (χ3v) is 1.72. The van der Waals surface area contributed by atoms with Crippen LogP contribution < -0.4 is 0 Å². The van der Waals surface area contributed by atoms with Gasteiger partial charge in [-0.15, -0.1) is 0 Å². The van der Waals surface area contributed by atoms with Crippen molar-refractivity contribution < 1.29 is 26.2 Å². The molecule has 0 bridgehead atoms. The van der Waals surface area contributed by atoms with Crippen LogP contribution in [0, 0.1) is 6.58 Å². The molecule has 0 heterocycles. The second kappa shape index (κ2) is 13.2. The van der Waals surface area contributed by atoms with Crippen molar-refractivity contribution in [3.8, 4) is 0 Å². The topological polar surface area (TPSA) is 0 Å². The predicted octanol–water partition coefficient (Wildman–Crippen LogP) is 3.72. The summed E-state index contributed by atoms with van der Waals surface area (Å²) in [7, 11) is 0. The zero-order valence-electron chi connectivity index (χ0n) is 7.60. The van der Waals surface area contributed by atoms with Crippen LogP contribution in [0.2, 0.25) is 0 Å². The van der Waals surface area contributed by atoms with Crippen molar-refractivity contribution in [1.82, 2.24) is 0 Å². The molecule has 0 aromatic carbocycles. The molecule has 0 N–H and O–H groups in total. The smallest absolute Gasteiger partial charge is 0 e. The van der Waals surface area contributed by atoms with Gasteiger partial charge in [0.25, 0.3) is 0 Å². The molecule has 0 amide bonds. The van der Waals surface area contributed by atoms with Gasteiger partial charge in [0.15, 0.2) is 0 Å². The SMILES string of the molecule is [CH-]=CCCCCCCCC.[Zr]. The maximum absolute atomic E-state index is 5.24. The predicted molar refractivity (Wildman–Crippen MR) is 46.9 cm³/mol. The maximum atomic E-state index is 5.24. The fraction of sp³-hybridized carbons (Fsp3) is 0.800. The molecule has 0 nitrogen and oxygen atoms in total. The van der Waals surface area contributed by atoms with Crippen LogP contribution in [0.3, 0.4) is 0 Å². The Morgan fingerprint density at radius 1 is 1.00 bits per heavy atom. The monoisotopic (exact) mass is 229 g/mol. The summed E-state index contributed by atoms with van der Waals surface area (Å²) in [5.74, 6) is 0. The minimum Gasteiger partial charge on any atom is -0.518 e. The molecule has 0 atom stereocenters. The van der Waals surface area contributed by atoms with Crippen LogP contribution in [0.25, 0.3) is 0 Å². The summed E-state index contributed by atoms with van der Waals surface area (Å²) < 4.78 is 0. The van der Waals surface area contributed by atoms with Gasteiger partial charge in [0.1, 0.15) is 0 Å². The first-order valence-corrected chi connectivity index (χ1v) is 4.45. The second-order valence-electron chi connectivity index (χ2n) is 2.79. The van der Waals surface area contributed by atoms with Gasteiger partial charge >= 0.3 is 0 Å². The van der Waals surface area contributed by atoms with Crippen LogP contribution in [0.4, 0.5) is 0 Å². The Morgan fingerprint density at radius 3 is 2.09 bits per heavy atom. The fourth-order valence-corrected chi connectivity index (χ4v) is 1.04. The van der Waals surface area contributed by atoms with E-state index < -0.39 is 0 Å². The molecular formula is C10H19Zr-. The van der Waals surface area contributed by atoms with Crippen LogP contribution >= 0.6 is 0 Å². The Kier molecular flexibility index (Phi) is 17.0. The van der Waals surface area contributed by atoms with Crippen molar-refractivity contribution in [2.24, 2.45) is 0 Å². The van der Waals surface area contributed by atoms with E-state index in [9.17, 15) is 0 Å². The maximum Gasteiger partial charge on any atom is 0 e. The Hall–Kier alpha value is 0.623. The van der Waals surface area contributed by atoms with Gasteiger partial charge in [0.05, 0.1) is 0 Å². The van der Waals surface area contributed by atoms with E-state index in [1.54, 1.807) is 6.08 Å². The van der Waals surface area contributed by atoms with E-state index in [0.29, 0.717) is 0 Å². The number of rotatable bonds is 7. The summed E-state index contributed by atoms with van der Waals surface area (Å²) >= 11 is 0. The molecule has 0 radical (unpaired) electrons. The van der Waals surface area contributed by atoms with Crippen LogP contribution in [0.1, 0.15) is 51.9 Å². The van der Waals surface area contributed by atoms with E-state index in [4.69, 9.17) is 6.58 Å². The number of hydrogen-bond acceptors (Lipinski definition) is 0. The first-order valence-electron chi connectivity index (χ1n) is 4.45. The fourth-order valence-electron chi connectivity index (χ4n) is 1.04. The van der Waals surface area contributed by atoms with Crippen molar-refractivity contribution in [2.75, 3.05) is 0 Å². The minimum atomic E-state index is 0. The zero-order valence-corrected chi connectivity index (χ0v) is 10.1. The molecule has 11 heavy (non-hydrogen) atoms. The van der Waals surface area contributed by atoms with Gasteiger partial charge in [0, 0.05) is 26.2 Å². The minimum absolute atomic E-state index is 0. The van der Waals surface area contributed by atoms with Crippen LogP contribution in [-0.4, -0.2) is 0 Å². The second-order valence-corrected chi connectivity index (χ2v) is 2.79. The zero-order chi connectivity index (χ0) is 7.66. The largest absolute Gasteiger partial charge is 0.518 e. The Bertz CT molecular complexity index is 69.3. The van der Waals surface area contributed by atoms with E-state index in [2.05, 4.69) is 6.92 Å². The average molecular weight is 230 g/mol. The quantitative estimate of drug-likeness (QED) is 0.462. The number of unbranched alkanes of at least 4 members (excludes halogenated alkanes) is 6. The van der Waals surface area contributed by atoms with Gasteiger partial charge in [-0.2, -0.15) is 0 Å². The molecule has 0 saturated heterocycles. The average Bonchev–Trinajstić information content (AvgIpc) is 1.97. The van der Waals surface area contributed by atoms with Gasteiger partial charge in [-0.3, -0.25) is 6.08 Å². The van der Waals surface area contributed by atoms with Crippen LogP contribution in [0.15, 0.2) is 6.08 Å². The van der Waals surface area contributed by atoms with E-state index >= 15 is 0 Å². The molecule has 0 fully saturated rings. The first kappa shape index (κ1) is 14.2. The molecule has 64 valence electrons. The molecule has 0 aromatic heterocycles. The van der Waals surface area contributed by atoms with E-state index in [0.717, 1.165) is 6.42 Å². The van der Waals surface area contributed by atoms with Crippen molar-refractivity contribution in [2.45, 2.75) is 51.9 Å². The van der Waals surface area contributed by atoms with Crippen molar-refractivity contribution in [1.29, 1.82) is 0 Å². The summed E-state index contributed by atoms with van der Waals surface area (Å²) in [4.78, 5) is 0. The molecule has 0 spiro atoms. The van der Waals surface area contributed by atoms with Crippen LogP contribution in [-0.2, 0) is 26.2 Å². The molecular weight excluding hydrogens is 211 g/mol. The van der Waals surface area contributed by atoms with E-state index in [-0.39, 0.29) is 26.2 Å². The van der Waals surface area contributed by atoms with Gasteiger partial charge in [0.2, 0.25) is 0 Å². The summed E-state index contributed by atoms with van der Waals surface area (Å²) in [6, 6.07) is 0. The van der Waals surface area contributed by atoms with Crippen molar-refractivity contribution in [3.63, 3.8) is 0 Å². The summed E-state index contributed by atoms with van der Waals surface area (Å²) in [5, 5.41) is 0. The molecule has 0 unspecified atom stereocenters. The Balaban J connectivity index is 0. The number of hydrogen-bond donors (Lipinski definition) is 0. The first-order chi connectivity index (χ1) is 4.91. The summed E-state index contributed by atoms with van der Waals surface area (Å²) in [6.07, 6.45) is 11.0. The molecule has 0 aliphatic heterocycles. The third kappa shape index (κ3) is 13.6. The van der Waals surface area contributed by atoms with E-state index in [1.165, 1.54) is 38.5 Å². The molecule has 0 aliphatic rings.